The predicted molar refractivity (Wildman–Crippen MR) is 265 cm³/mol. The molecule has 0 N–H and O–H groups in total. The molecule has 308 valence electrons. The first-order valence-corrected chi connectivity index (χ1v) is 21.9. The van der Waals surface area contributed by atoms with Gasteiger partial charge in [0.25, 0.3) is 0 Å². The van der Waals surface area contributed by atoms with E-state index in [4.69, 9.17) is 14.7 Å². The molecule has 3 heterocycles. The van der Waals surface area contributed by atoms with E-state index < -0.39 is 5.97 Å². The van der Waals surface area contributed by atoms with E-state index in [0.717, 1.165) is 84.3 Å². The van der Waals surface area contributed by atoms with Crippen LogP contribution in [0, 0.1) is 0 Å². The Bertz CT molecular complexity index is 3210. The molecule has 2 aliphatic heterocycles. The minimum absolute atomic E-state index is 0.484. The van der Waals surface area contributed by atoms with Crippen molar-refractivity contribution < 1.29 is 4.74 Å². The molecule has 0 radical (unpaired) electrons. The van der Waals surface area contributed by atoms with Crippen molar-refractivity contribution >= 4 is 34.4 Å². The van der Waals surface area contributed by atoms with Gasteiger partial charge in [0.1, 0.15) is 0 Å². The number of anilines is 6. The number of rotatable bonds is 8. The van der Waals surface area contributed by atoms with Crippen molar-refractivity contribution in [1.29, 1.82) is 0 Å². The molecule has 1 aromatic heterocycles. The van der Waals surface area contributed by atoms with Gasteiger partial charge in [-0.05, 0) is 94.0 Å². The zero-order valence-electron chi connectivity index (χ0n) is 35.3. The van der Waals surface area contributed by atoms with Gasteiger partial charge in [0, 0.05) is 22.5 Å². The van der Waals surface area contributed by atoms with Crippen LogP contribution in [0.25, 0.3) is 55.9 Å². The lowest BCUT2D eigenvalue weighted by atomic mass is 10.0. The van der Waals surface area contributed by atoms with Crippen molar-refractivity contribution in [3.05, 3.63) is 249 Å². The second-order valence-electron chi connectivity index (χ2n) is 16.2. The Labute approximate surface area is 378 Å². The molecule has 0 bridgehead atoms. The summed E-state index contributed by atoms with van der Waals surface area (Å²) in [6.07, 6.45) is 0. The van der Waals surface area contributed by atoms with E-state index in [0.29, 0.717) is 11.7 Å². The standard InChI is InChI=1S/C59H41N5O/c1-5-20-42(21-6-1)46-28-17-31-49(38-46)53-41-52(45-26-11-4-12-27-45)60-58(61-53)64-56-36-15-16-37-57(56)65-59(64)62(50-32-18-29-47(39-50)43-22-7-2-8-23-43)54-34-13-14-35-55(54)63(59)51-33-19-30-48(40-51)44-24-9-3-10-25-44/h1-41H. The Morgan fingerprint density at radius 1 is 0.292 bits per heavy atom. The third kappa shape index (κ3) is 6.59. The fourth-order valence-electron chi connectivity index (χ4n) is 9.32. The first-order chi connectivity index (χ1) is 32.2. The van der Waals surface area contributed by atoms with E-state index in [1.54, 1.807) is 0 Å². The number of aromatic nitrogens is 2. The summed E-state index contributed by atoms with van der Waals surface area (Å²) in [5.41, 5.74) is 14.9. The van der Waals surface area contributed by atoms with Crippen LogP contribution in [0.1, 0.15) is 0 Å². The van der Waals surface area contributed by atoms with Gasteiger partial charge in [-0.1, -0.05) is 188 Å². The molecule has 2 aliphatic rings. The molecule has 10 aromatic rings. The number of para-hydroxylation sites is 4. The Morgan fingerprint density at radius 2 is 0.677 bits per heavy atom. The van der Waals surface area contributed by atoms with Crippen molar-refractivity contribution in [2.24, 2.45) is 0 Å². The maximum Gasteiger partial charge on any atom is 0.370 e. The highest BCUT2D eigenvalue weighted by Crippen LogP contribution is 2.61. The second-order valence-corrected chi connectivity index (χ2v) is 16.2. The smallest absolute Gasteiger partial charge is 0.370 e. The molecule has 0 saturated heterocycles. The average molecular weight is 836 g/mol. The minimum Gasteiger partial charge on any atom is -0.429 e. The summed E-state index contributed by atoms with van der Waals surface area (Å²) in [4.78, 5) is 18.0. The van der Waals surface area contributed by atoms with Gasteiger partial charge in [0.2, 0.25) is 5.95 Å². The zero-order valence-corrected chi connectivity index (χ0v) is 35.3. The second kappa shape index (κ2) is 15.9. The third-order valence-electron chi connectivity index (χ3n) is 12.3. The molecule has 1 spiro atoms. The van der Waals surface area contributed by atoms with Crippen molar-refractivity contribution in [3.63, 3.8) is 0 Å². The normalized spacial score (nSPS) is 13.4. The molecule has 9 aromatic carbocycles. The van der Waals surface area contributed by atoms with Crippen LogP contribution in [0.2, 0.25) is 0 Å². The topological polar surface area (TPSA) is 44.7 Å². The van der Waals surface area contributed by atoms with Crippen molar-refractivity contribution in [3.8, 4) is 61.6 Å². The van der Waals surface area contributed by atoms with Gasteiger partial charge in [-0.25, -0.2) is 14.9 Å². The first kappa shape index (κ1) is 38.0. The van der Waals surface area contributed by atoms with Gasteiger partial charge < -0.3 is 4.74 Å². The van der Waals surface area contributed by atoms with Crippen LogP contribution < -0.4 is 19.4 Å². The SMILES string of the molecule is c1ccc(-c2cccc(-c3cc(-c4ccccc4)nc(N4c5ccccc5OC45N(c4cccc(-c6ccccc6)c4)c4ccccc4N5c4cccc(-c5ccccc5)c4)n3)c2)cc1. The molecule has 0 fully saturated rings. The Balaban J connectivity index is 1.14. The summed E-state index contributed by atoms with van der Waals surface area (Å²) in [5, 5.41) is 0. The zero-order chi connectivity index (χ0) is 43.2. The monoisotopic (exact) mass is 835 g/mol. The number of nitrogens with zero attached hydrogens (tertiary/aromatic N) is 5. The molecular weight excluding hydrogens is 795 g/mol. The quantitative estimate of drug-likeness (QED) is 0.152. The maximum absolute atomic E-state index is 7.70. The fraction of sp³-hybridized carbons (Fsp3) is 0.0169. The molecule has 0 unspecified atom stereocenters. The maximum atomic E-state index is 7.70. The number of fused-ring (bicyclic) bond motifs is 2. The average Bonchev–Trinajstić information content (AvgIpc) is 3.88. The summed E-state index contributed by atoms with van der Waals surface area (Å²) in [6.45, 7) is 0. The van der Waals surface area contributed by atoms with Gasteiger partial charge in [0.15, 0.2) is 5.75 Å². The van der Waals surface area contributed by atoms with E-state index in [9.17, 15) is 0 Å². The lowest BCUT2D eigenvalue weighted by Gasteiger charge is -2.46. The van der Waals surface area contributed by atoms with Gasteiger partial charge >= 0.3 is 5.97 Å². The van der Waals surface area contributed by atoms with E-state index in [1.807, 2.05) is 24.3 Å². The van der Waals surface area contributed by atoms with Crippen molar-refractivity contribution in [2.75, 3.05) is 14.7 Å². The van der Waals surface area contributed by atoms with Crippen LogP contribution in [-0.4, -0.2) is 15.9 Å². The van der Waals surface area contributed by atoms with Gasteiger partial charge in [-0.15, -0.1) is 0 Å². The summed E-state index contributed by atoms with van der Waals surface area (Å²) < 4.78 is 7.70. The fourth-order valence-corrected chi connectivity index (χ4v) is 9.32. The molecule has 0 atom stereocenters. The van der Waals surface area contributed by atoms with Gasteiger partial charge in [-0.3, -0.25) is 9.80 Å². The van der Waals surface area contributed by atoms with Crippen LogP contribution >= 0.6 is 0 Å². The number of benzene rings is 9. The van der Waals surface area contributed by atoms with E-state index in [1.165, 1.54) is 0 Å². The summed E-state index contributed by atoms with van der Waals surface area (Å²) in [7, 11) is 0. The van der Waals surface area contributed by atoms with Crippen molar-refractivity contribution in [1.82, 2.24) is 9.97 Å². The van der Waals surface area contributed by atoms with Crippen LogP contribution in [0.3, 0.4) is 0 Å². The van der Waals surface area contributed by atoms with Crippen molar-refractivity contribution in [2.45, 2.75) is 5.97 Å². The summed E-state index contributed by atoms with van der Waals surface area (Å²) >= 11 is 0. The molecular formula is C59H41N5O. The highest BCUT2D eigenvalue weighted by Gasteiger charge is 2.63. The summed E-state index contributed by atoms with van der Waals surface area (Å²) in [6, 6.07) is 86.8. The van der Waals surface area contributed by atoms with E-state index >= 15 is 0 Å². The number of hydrogen-bond acceptors (Lipinski definition) is 6. The predicted octanol–water partition coefficient (Wildman–Crippen LogP) is 14.9. The number of hydrogen-bond donors (Lipinski definition) is 0. The van der Waals surface area contributed by atoms with E-state index in [-0.39, 0.29) is 0 Å². The first-order valence-electron chi connectivity index (χ1n) is 21.9. The summed E-state index contributed by atoms with van der Waals surface area (Å²) in [5.74, 6) is -0.246. The third-order valence-corrected chi connectivity index (χ3v) is 12.3. The van der Waals surface area contributed by atoms with Gasteiger partial charge in [0.05, 0.1) is 28.5 Å². The molecule has 6 nitrogen and oxygen atoms in total. The number of ether oxygens (including phenoxy) is 1. The Kier molecular flexibility index (Phi) is 9.27. The molecule has 6 heteroatoms. The molecule has 0 aliphatic carbocycles. The van der Waals surface area contributed by atoms with Crippen LogP contribution in [0.5, 0.6) is 5.75 Å². The molecule has 0 amide bonds. The Hall–Kier alpha value is -8.74. The van der Waals surface area contributed by atoms with E-state index in [2.05, 4.69) is 239 Å². The molecule has 0 saturated carbocycles. The van der Waals surface area contributed by atoms with Gasteiger partial charge in [-0.2, -0.15) is 0 Å². The lowest BCUT2D eigenvalue weighted by molar-refractivity contribution is 0.118. The Morgan fingerprint density at radius 3 is 1.20 bits per heavy atom. The molecule has 12 rings (SSSR count). The minimum atomic E-state index is -1.43. The lowest BCUT2D eigenvalue weighted by Crippen LogP contribution is -2.65. The largest absolute Gasteiger partial charge is 0.429 e. The molecule has 65 heavy (non-hydrogen) atoms. The highest BCUT2D eigenvalue weighted by atomic mass is 16.6. The van der Waals surface area contributed by atoms with Crippen LogP contribution in [-0.2, 0) is 0 Å². The highest BCUT2D eigenvalue weighted by molar-refractivity contribution is 5.95. The van der Waals surface area contributed by atoms with Crippen LogP contribution in [0.15, 0.2) is 249 Å². The van der Waals surface area contributed by atoms with Crippen LogP contribution in [0.4, 0.5) is 34.4 Å².